The van der Waals surface area contributed by atoms with Crippen LogP contribution in [0, 0.1) is 10.1 Å². The Hall–Kier alpha value is -3.88. The van der Waals surface area contributed by atoms with Crippen molar-refractivity contribution < 1.29 is 50.7 Å². The van der Waals surface area contributed by atoms with Crippen molar-refractivity contribution in [1.82, 2.24) is 0 Å². The van der Waals surface area contributed by atoms with E-state index in [1.54, 1.807) is 0 Å². The number of sulfonamides is 1. The van der Waals surface area contributed by atoms with Crippen LogP contribution < -0.4 is 9.46 Å². The molecule has 0 bridgehead atoms. The number of rotatable bonds is 9. The van der Waals surface area contributed by atoms with Crippen LogP contribution in [0.3, 0.4) is 0 Å². The van der Waals surface area contributed by atoms with Crippen LogP contribution in [0.2, 0.25) is 0 Å². The summed E-state index contributed by atoms with van der Waals surface area (Å²) in [5, 5.41) is 21.3. The Labute approximate surface area is 196 Å². The first-order valence-corrected chi connectivity index (χ1v) is 11.1. The van der Waals surface area contributed by atoms with Crippen molar-refractivity contribution >= 4 is 33.2 Å². The fraction of sp³-hybridized carbons (Fsp3) is 0.300. The minimum absolute atomic E-state index is 0.224. The van der Waals surface area contributed by atoms with Crippen molar-refractivity contribution in [2.24, 2.45) is 0 Å². The van der Waals surface area contributed by atoms with Crippen LogP contribution in [0.4, 0.5) is 24.5 Å². The summed E-state index contributed by atoms with van der Waals surface area (Å²) < 4.78 is 76.4. The molecule has 0 amide bonds. The summed E-state index contributed by atoms with van der Waals surface area (Å²) in [6.45, 7) is 2.65. The Kier molecular flexibility index (Phi) is 7.95. The molecule has 0 fully saturated rings. The standard InChI is InChI=1S/C20H19F3N2O9S/c1-10(2)34-19(28)17(18(27)20(21,22)23)13-8-11(4-6-15(13)26)24-35(31,32)12-5-7-16(33-3)14(9-12)25(29)30/h4-10,17,24,26H,1-3H3. The summed E-state index contributed by atoms with van der Waals surface area (Å²) in [4.78, 5) is 34.0. The van der Waals surface area contributed by atoms with Gasteiger partial charge in [-0.3, -0.25) is 24.4 Å². The molecule has 2 N–H and O–H groups in total. The molecule has 0 saturated carbocycles. The van der Waals surface area contributed by atoms with E-state index in [4.69, 9.17) is 9.47 Å². The number of benzene rings is 2. The number of nitro groups is 1. The number of methoxy groups -OCH3 is 1. The molecule has 1 atom stereocenters. The number of hydrogen-bond donors (Lipinski definition) is 2. The third-order valence-corrected chi connectivity index (χ3v) is 5.76. The SMILES string of the molecule is COc1ccc(S(=O)(=O)Nc2ccc(O)c(C(C(=O)OC(C)C)C(=O)C(F)(F)F)c2)cc1[N+](=O)[O-]. The number of phenolic OH excluding ortho intramolecular Hbond substituents is 1. The van der Waals surface area contributed by atoms with Crippen molar-refractivity contribution in [3.63, 3.8) is 0 Å². The second-order valence-electron chi connectivity index (χ2n) is 7.25. The van der Waals surface area contributed by atoms with Crippen LogP contribution in [0.1, 0.15) is 25.3 Å². The van der Waals surface area contributed by atoms with Crippen LogP contribution in [0.25, 0.3) is 0 Å². The number of nitrogens with one attached hydrogen (secondary N) is 1. The van der Waals surface area contributed by atoms with Crippen molar-refractivity contribution in [3.05, 3.63) is 52.1 Å². The molecule has 0 aliphatic heterocycles. The fourth-order valence-electron chi connectivity index (χ4n) is 2.88. The van der Waals surface area contributed by atoms with E-state index < -0.39 is 72.5 Å². The molecule has 1 unspecified atom stereocenters. The molecular weight excluding hydrogens is 501 g/mol. The highest BCUT2D eigenvalue weighted by Gasteiger charge is 2.49. The van der Waals surface area contributed by atoms with Gasteiger partial charge < -0.3 is 14.6 Å². The number of aromatic hydroxyl groups is 1. The maximum Gasteiger partial charge on any atom is 0.451 e. The van der Waals surface area contributed by atoms with Crippen molar-refractivity contribution in [3.8, 4) is 11.5 Å². The second kappa shape index (κ2) is 10.2. The van der Waals surface area contributed by atoms with Gasteiger partial charge >= 0.3 is 17.8 Å². The molecule has 0 radical (unpaired) electrons. The zero-order valence-electron chi connectivity index (χ0n) is 18.3. The molecule has 11 nitrogen and oxygen atoms in total. The molecule has 2 aromatic carbocycles. The Balaban J connectivity index is 2.54. The normalized spacial score (nSPS) is 12.7. The highest BCUT2D eigenvalue weighted by atomic mass is 32.2. The molecule has 2 rings (SSSR count). The average Bonchev–Trinajstić information content (AvgIpc) is 2.74. The van der Waals surface area contributed by atoms with Gasteiger partial charge in [0, 0.05) is 17.3 Å². The van der Waals surface area contributed by atoms with Gasteiger partial charge in [0.1, 0.15) is 5.75 Å². The Morgan fingerprint density at radius 1 is 1.14 bits per heavy atom. The van der Waals surface area contributed by atoms with Gasteiger partial charge in [-0.1, -0.05) is 0 Å². The zero-order chi connectivity index (χ0) is 26.7. The first-order valence-electron chi connectivity index (χ1n) is 9.58. The lowest BCUT2D eigenvalue weighted by atomic mass is 9.93. The van der Waals surface area contributed by atoms with Crippen LogP contribution >= 0.6 is 0 Å². The van der Waals surface area contributed by atoms with E-state index in [0.29, 0.717) is 12.1 Å². The minimum atomic E-state index is -5.48. The highest BCUT2D eigenvalue weighted by Crippen LogP contribution is 2.36. The lowest BCUT2D eigenvalue weighted by Crippen LogP contribution is -2.35. The predicted octanol–water partition coefficient (Wildman–Crippen LogP) is 3.28. The smallest absolute Gasteiger partial charge is 0.451 e. The number of anilines is 1. The molecule has 0 saturated heterocycles. The number of nitro benzene ring substituents is 1. The summed E-state index contributed by atoms with van der Waals surface area (Å²) in [6.07, 6.45) is -6.38. The molecule has 35 heavy (non-hydrogen) atoms. The highest BCUT2D eigenvalue weighted by molar-refractivity contribution is 7.92. The van der Waals surface area contributed by atoms with Crippen LogP contribution in [0.5, 0.6) is 11.5 Å². The summed E-state index contributed by atoms with van der Waals surface area (Å²) in [7, 11) is -3.42. The number of ketones is 1. The summed E-state index contributed by atoms with van der Waals surface area (Å²) in [5.41, 5.74) is -1.98. The van der Waals surface area contributed by atoms with Gasteiger partial charge in [0.15, 0.2) is 11.7 Å². The molecule has 2 aromatic rings. The summed E-state index contributed by atoms with van der Waals surface area (Å²) in [6, 6.07) is 5.06. The number of nitrogens with zero attached hydrogens (tertiary/aromatic N) is 1. The quantitative estimate of drug-likeness (QED) is 0.166. The van der Waals surface area contributed by atoms with Crippen LogP contribution in [0.15, 0.2) is 41.3 Å². The van der Waals surface area contributed by atoms with E-state index in [-0.39, 0.29) is 5.75 Å². The van der Waals surface area contributed by atoms with Gasteiger partial charge in [0.25, 0.3) is 15.8 Å². The van der Waals surface area contributed by atoms with Crippen LogP contribution in [-0.4, -0.2) is 49.6 Å². The van der Waals surface area contributed by atoms with E-state index >= 15 is 0 Å². The van der Waals surface area contributed by atoms with E-state index in [2.05, 4.69) is 0 Å². The molecule has 15 heteroatoms. The van der Waals surface area contributed by atoms with Gasteiger partial charge in [0.05, 0.1) is 23.0 Å². The number of esters is 1. The Bertz CT molecular complexity index is 1260. The van der Waals surface area contributed by atoms with Gasteiger partial charge in [-0.15, -0.1) is 0 Å². The Morgan fingerprint density at radius 3 is 2.29 bits per heavy atom. The first kappa shape index (κ1) is 27.4. The molecule has 0 aromatic heterocycles. The zero-order valence-corrected chi connectivity index (χ0v) is 19.1. The van der Waals surface area contributed by atoms with Gasteiger partial charge in [0.2, 0.25) is 0 Å². The number of phenols is 1. The molecular formula is C20H19F3N2O9S. The topological polar surface area (TPSA) is 162 Å². The summed E-state index contributed by atoms with van der Waals surface area (Å²) >= 11 is 0. The van der Waals surface area contributed by atoms with E-state index in [1.807, 2.05) is 4.72 Å². The fourth-order valence-corrected chi connectivity index (χ4v) is 3.95. The average molecular weight is 520 g/mol. The number of halogens is 3. The first-order chi connectivity index (χ1) is 16.1. The van der Waals surface area contributed by atoms with E-state index in [1.165, 1.54) is 13.8 Å². The lowest BCUT2D eigenvalue weighted by molar-refractivity contribution is -0.386. The van der Waals surface area contributed by atoms with Gasteiger partial charge in [-0.05, 0) is 44.2 Å². The van der Waals surface area contributed by atoms with Crippen molar-refractivity contribution in [1.29, 1.82) is 0 Å². The van der Waals surface area contributed by atoms with Gasteiger partial charge in [-0.25, -0.2) is 8.42 Å². The number of hydrogen-bond acceptors (Lipinski definition) is 9. The maximum atomic E-state index is 13.2. The Morgan fingerprint density at radius 2 is 1.77 bits per heavy atom. The number of ether oxygens (including phenoxy) is 2. The third kappa shape index (κ3) is 6.38. The van der Waals surface area contributed by atoms with E-state index in [0.717, 1.165) is 31.4 Å². The van der Waals surface area contributed by atoms with Crippen molar-refractivity contribution in [2.45, 2.75) is 36.9 Å². The second-order valence-corrected chi connectivity index (χ2v) is 8.93. The number of alkyl halides is 3. The van der Waals surface area contributed by atoms with Crippen molar-refractivity contribution in [2.75, 3.05) is 11.8 Å². The minimum Gasteiger partial charge on any atom is -0.508 e. The summed E-state index contributed by atoms with van der Waals surface area (Å²) in [5.74, 6) is -7.91. The monoisotopic (exact) mass is 520 g/mol. The number of carbonyl (C=O) groups is 2. The number of Topliss-reactive ketones (excluding diaryl/α,β-unsaturated/α-hetero) is 1. The van der Waals surface area contributed by atoms with Crippen LogP contribution in [-0.2, 0) is 24.3 Å². The largest absolute Gasteiger partial charge is 0.508 e. The lowest BCUT2D eigenvalue weighted by Gasteiger charge is -2.20. The molecule has 0 spiro atoms. The molecule has 0 heterocycles. The maximum absolute atomic E-state index is 13.2. The predicted molar refractivity (Wildman–Crippen MR) is 114 cm³/mol. The number of carbonyl (C=O) groups excluding carboxylic acids is 2. The third-order valence-electron chi connectivity index (χ3n) is 4.38. The molecule has 0 aliphatic carbocycles. The van der Waals surface area contributed by atoms with Gasteiger partial charge in [-0.2, -0.15) is 13.2 Å². The molecule has 190 valence electrons. The molecule has 0 aliphatic rings. The van der Waals surface area contributed by atoms with E-state index in [9.17, 15) is 46.4 Å².